The van der Waals surface area contributed by atoms with Gasteiger partial charge in [-0.05, 0) is 12.1 Å². The van der Waals surface area contributed by atoms with E-state index in [-0.39, 0.29) is 13.0 Å². The summed E-state index contributed by atoms with van der Waals surface area (Å²) in [6.45, 7) is 0.190. The first kappa shape index (κ1) is 20.2. The zero-order valence-corrected chi connectivity index (χ0v) is 15.0. The van der Waals surface area contributed by atoms with Gasteiger partial charge in [0.25, 0.3) is 0 Å². The molecule has 146 valence electrons. The normalized spacial score (nSPS) is 10.3. The van der Waals surface area contributed by atoms with Crippen molar-refractivity contribution in [3.05, 3.63) is 41.7 Å². The van der Waals surface area contributed by atoms with E-state index in [1.54, 1.807) is 12.1 Å². The third kappa shape index (κ3) is 4.75. The highest BCUT2D eigenvalue weighted by molar-refractivity contribution is 5.91. The minimum absolute atomic E-state index is 0.0465. The van der Waals surface area contributed by atoms with Gasteiger partial charge in [-0.1, -0.05) is 0 Å². The van der Waals surface area contributed by atoms with Gasteiger partial charge in [-0.25, -0.2) is 13.2 Å². The molecule has 0 radical (unpaired) electrons. The molecule has 0 aliphatic rings. The number of nitrogens with one attached hydrogen (secondary N) is 2. The molecule has 0 fully saturated rings. The Bertz CT molecular complexity index is 805. The number of carbonyl (C=O) groups excluding carboxylic acids is 1. The van der Waals surface area contributed by atoms with E-state index in [1.165, 1.54) is 21.3 Å². The van der Waals surface area contributed by atoms with Gasteiger partial charge >= 0.3 is 0 Å². The first-order valence-corrected chi connectivity index (χ1v) is 7.88. The molecule has 1 amide bonds. The van der Waals surface area contributed by atoms with Gasteiger partial charge in [0, 0.05) is 30.8 Å². The van der Waals surface area contributed by atoms with E-state index in [9.17, 15) is 18.0 Å². The van der Waals surface area contributed by atoms with Crippen LogP contribution in [0, 0.1) is 17.5 Å². The Balaban J connectivity index is 1.98. The molecule has 2 aromatic carbocycles. The number of hydrogen-bond donors (Lipinski definition) is 2. The molecule has 0 heterocycles. The summed E-state index contributed by atoms with van der Waals surface area (Å²) in [5.41, 5.74) is 0.183. The van der Waals surface area contributed by atoms with Gasteiger partial charge in [0.2, 0.25) is 11.7 Å². The van der Waals surface area contributed by atoms with Crippen LogP contribution in [0.15, 0.2) is 24.3 Å². The third-order valence-electron chi connectivity index (χ3n) is 3.66. The lowest BCUT2D eigenvalue weighted by atomic mass is 10.2. The van der Waals surface area contributed by atoms with Gasteiger partial charge < -0.3 is 24.8 Å². The molecule has 0 atom stereocenters. The zero-order chi connectivity index (χ0) is 20.0. The molecule has 9 heteroatoms. The van der Waals surface area contributed by atoms with Crippen molar-refractivity contribution in [1.29, 1.82) is 0 Å². The summed E-state index contributed by atoms with van der Waals surface area (Å²) in [7, 11) is 4.44. The van der Waals surface area contributed by atoms with Crippen molar-refractivity contribution in [3.63, 3.8) is 0 Å². The average Bonchev–Trinajstić information content (AvgIpc) is 2.67. The molecule has 0 aromatic heterocycles. The van der Waals surface area contributed by atoms with Crippen LogP contribution in [-0.2, 0) is 4.79 Å². The minimum Gasteiger partial charge on any atom is -0.493 e. The smallest absolute Gasteiger partial charge is 0.226 e. The average molecular weight is 384 g/mol. The maximum Gasteiger partial charge on any atom is 0.226 e. The Labute approximate surface area is 154 Å². The Kier molecular flexibility index (Phi) is 6.75. The van der Waals surface area contributed by atoms with Gasteiger partial charge in [-0.3, -0.25) is 4.79 Å². The molecule has 2 aromatic rings. The monoisotopic (exact) mass is 384 g/mol. The van der Waals surface area contributed by atoms with Gasteiger partial charge in [0.1, 0.15) is 0 Å². The van der Waals surface area contributed by atoms with E-state index in [2.05, 4.69) is 10.6 Å². The quantitative estimate of drug-likeness (QED) is 0.681. The molecule has 0 saturated carbocycles. The molecule has 0 aliphatic carbocycles. The predicted molar refractivity (Wildman–Crippen MR) is 94.2 cm³/mol. The van der Waals surface area contributed by atoms with Crippen molar-refractivity contribution < 1.29 is 32.2 Å². The number of halogens is 3. The van der Waals surface area contributed by atoms with E-state index in [0.717, 1.165) is 12.1 Å². The zero-order valence-electron chi connectivity index (χ0n) is 15.0. The Hall–Kier alpha value is -3.10. The predicted octanol–water partition coefficient (Wildman–Crippen LogP) is 3.57. The highest BCUT2D eigenvalue weighted by atomic mass is 19.2. The van der Waals surface area contributed by atoms with Crippen molar-refractivity contribution in [1.82, 2.24) is 0 Å². The van der Waals surface area contributed by atoms with E-state index < -0.39 is 29.0 Å². The highest BCUT2D eigenvalue weighted by Gasteiger charge is 2.16. The van der Waals surface area contributed by atoms with Crippen LogP contribution in [0.2, 0.25) is 0 Å². The van der Waals surface area contributed by atoms with E-state index in [4.69, 9.17) is 14.2 Å². The van der Waals surface area contributed by atoms with E-state index >= 15 is 0 Å². The van der Waals surface area contributed by atoms with Crippen LogP contribution in [0.4, 0.5) is 24.5 Å². The summed E-state index contributed by atoms with van der Waals surface area (Å²) in [5.74, 6) is -3.67. The Morgan fingerprint density at radius 3 is 2.15 bits per heavy atom. The van der Waals surface area contributed by atoms with Crippen LogP contribution in [0.25, 0.3) is 0 Å². The van der Waals surface area contributed by atoms with Crippen molar-refractivity contribution in [2.45, 2.75) is 6.42 Å². The molecule has 0 aliphatic heterocycles. The van der Waals surface area contributed by atoms with Gasteiger partial charge in [0.05, 0.1) is 27.0 Å². The summed E-state index contributed by atoms with van der Waals surface area (Å²) in [4.78, 5) is 11.9. The molecule has 2 rings (SSSR count). The van der Waals surface area contributed by atoms with Crippen LogP contribution in [0.5, 0.6) is 17.2 Å². The molecule has 6 nitrogen and oxygen atoms in total. The number of rotatable bonds is 8. The summed E-state index contributed by atoms with van der Waals surface area (Å²) in [5, 5.41) is 5.19. The Morgan fingerprint density at radius 1 is 0.963 bits per heavy atom. The van der Waals surface area contributed by atoms with Gasteiger partial charge in [0.15, 0.2) is 29.0 Å². The lowest BCUT2D eigenvalue weighted by Gasteiger charge is -2.15. The van der Waals surface area contributed by atoms with Gasteiger partial charge in [-0.15, -0.1) is 0 Å². The number of methoxy groups -OCH3 is 3. The highest BCUT2D eigenvalue weighted by Crippen LogP contribution is 2.39. The molecule has 0 spiro atoms. The SMILES string of the molecule is COc1cc(NCCC(=O)Nc2ccc(F)c(F)c2F)cc(OC)c1OC. The fourth-order valence-electron chi connectivity index (χ4n) is 2.34. The number of anilines is 2. The fraction of sp³-hybridized carbons (Fsp3) is 0.278. The maximum atomic E-state index is 13.6. The number of hydrogen-bond acceptors (Lipinski definition) is 5. The molecule has 0 bridgehead atoms. The summed E-state index contributed by atoms with van der Waals surface area (Å²) < 4.78 is 55.3. The van der Waals surface area contributed by atoms with Crippen molar-refractivity contribution in [2.75, 3.05) is 38.5 Å². The van der Waals surface area contributed by atoms with Crippen LogP contribution < -0.4 is 24.8 Å². The Morgan fingerprint density at radius 2 is 1.59 bits per heavy atom. The number of carbonyl (C=O) groups is 1. The van der Waals surface area contributed by atoms with E-state index in [0.29, 0.717) is 22.9 Å². The van der Waals surface area contributed by atoms with Crippen LogP contribution in [0.3, 0.4) is 0 Å². The second-order valence-corrected chi connectivity index (χ2v) is 5.36. The minimum atomic E-state index is -1.64. The largest absolute Gasteiger partial charge is 0.493 e. The lowest BCUT2D eigenvalue weighted by molar-refractivity contribution is -0.116. The van der Waals surface area contributed by atoms with Gasteiger partial charge in [-0.2, -0.15) is 0 Å². The maximum absolute atomic E-state index is 13.6. The molecule has 0 saturated heterocycles. The van der Waals surface area contributed by atoms with E-state index in [1.807, 2.05) is 0 Å². The number of ether oxygens (including phenoxy) is 3. The first-order chi connectivity index (χ1) is 12.9. The number of amides is 1. The van der Waals surface area contributed by atoms with Crippen molar-refractivity contribution in [3.8, 4) is 17.2 Å². The molecule has 0 unspecified atom stereocenters. The van der Waals surface area contributed by atoms with Crippen molar-refractivity contribution >= 4 is 17.3 Å². The summed E-state index contributed by atoms with van der Waals surface area (Å²) in [6.07, 6.45) is -0.0465. The van der Waals surface area contributed by atoms with Crippen LogP contribution >= 0.6 is 0 Å². The third-order valence-corrected chi connectivity index (χ3v) is 3.66. The van der Waals surface area contributed by atoms with Crippen LogP contribution in [0.1, 0.15) is 6.42 Å². The second kappa shape index (κ2) is 9.02. The lowest BCUT2D eigenvalue weighted by Crippen LogP contribution is -2.17. The standard InChI is InChI=1S/C18H19F3N2O4/c1-25-13-8-10(9-14(26-2)18(13)27-3)22-7-6-15(24)23-12-5-4-11(19)16(20)17(12)21/h4-5,8-9,22H,6-7H2,1-3H3,(H,23,24). The summed E-state index contributed by atoms with van der Waals surface area (Å²) in [6, 6.07) is 5.02. The molecule has 27 heavy (non-hydrogen) atoms. The molecule has 2 N–H and O–H groups in total. The summed E-state index contributed by atoms with van der Waals surface area (Å²) >= 11 is 0. The molecular weight excluding hydrogens is 365 g/mol. The van der Waals surface area contributed by atoms with Crippen LogP contribution in [-0.4, -0.2) is 33.8 Å². The topological polar surface area (TPSA) is 68.8 Å². The fourth-order valence-corrected chi connectivity index (χ4v) is 2.34. The number of benzene rings is 2. The second-order valence-electron chi connectivity index (χ2n) is 5.36. The first-order valence-electron chi connectivity index (χ1n) is 7.88. The molecular formula is C18H19F3N2O4. The van der Waals surface area contributed by atoms with Crippen molar-refractivity contribution in [2.24, 2.45) is 0 Å².